The number of hydrogen-bond donors (Lipinski definition) is 1. The fourth-order valence-corrected chi connectivity index (χ4v) is 2.06. The molecule has 0 bridgehead atoms. The molecule has 13 heavy (non-hydrogen) atoms. The largest absolute Gasteiger partial charge is 0.316 e. The fraction of sp³-hybridized carbons (Fsp3) is 1.00. The predicted molar refractivity (Wildman–Crippen MR) is 58.8 cm³/mol. The van der Waals surface area contributed by atoms with Crippen molar-refractivity contribution in [3.05, 3.63) is 0 Å². The zero-order valence-corrected chi connectivity index (χ0v) is 9.47. The van der Waals surface area contributed by atoms with Crippen LogP contribution in [0.1, 0.15) is 46.5 Å². The second-order valence-electron chi connectivity index (χ2n) is 5.13. The van der Waals surface area contributed by atoms with Gasteiger partial charge in [-0.2, -0.15) is 0 Å². The Morgan fingerprint density at radius 1 is 0.692 bits per heavy atom. The average molecular weight is 183 g/mol. The maximum atomic E-state index is 3.57. The lowest BCUT2D eigenvalue weighted by Gasteiger charge is -2.22. The second kappa shape index (κ2) is 5.64. The van der Waals surface area contributed by atoms with Gasteiger partial charge < -0.3 is 5.32 Å². The third-order valence-corrected chi connectivity index (χ3v) is 3.29. The minimum atomic E-state index is 0.868. The topological polar surface area (TPSA) is 12.0 Å². The van der Waals surface area contributed by atoms with E-state index in [0.717, 1.165) is 17.8 Å². The van der Waals surface area contributed by atoms with E-state index < -0.39 is 0 Å². The molecule has 0 aliphatic carbocycles. The molecule has 78 valence electrons. The van der Waals surface area contributed by atoms with Gasteiger partial charge in [-0.25, -0.2) is 0 Å². The summed E-state index contributed by atoms with van der Waals surface area (Å²) < 4.78 is 0. The summed E-state index contributed by atoms with van der Waals surface area (Å²) in [5, 5.41) is 3.57. The zero-order valence-electron chi connectivity index (χ0n) is 9.47. The van der Waals surface area contributed by atoms with Crippen LogP contribution in [0.2, 0.25) is 0 Å². The summed E-state index contributed by atoms with van der Waals surface area (Å²) >= 11 is 0. The van der Waals surface area contributed by atoms with Gasteiger partial charge in [-0.3, -0.25) is 0 Å². The molecule has 0 amide bonds. The third-order valence-electron chi connectivity index (χ3n) is 3.29. The van der Waals surface area contributed by atoms with Crippen LogP contribution in [0.15, 0.2) is 0 Å². The van der Waals surface area contributed by atoms with E-state index in [-0.39, 0.29) is 0 Å². The van der Waals surface area contributed by atoms with E-state index in [2.05, 4.69) is 26.1 Å². The highest BCUT2D eigenvalue weighted by Gasteiger charge is 2.11. The maximum Gasteiger partial charge on any atom is -0.00230 e. The molecule has 1 N–H and O–H groups in total. The predicted octanol–water partition coefficient (Wildman–Crippen LogP) is 3.06. The monoisotopic (exact) mass is 183 g/mol. The van der Waals surface area contributed by atoms with E-state index in [9.17, 15) is 0 Å². The van der Waals surface area contributed by atoms with E-state index in [1.807, 2.05) is 0 Å². The molecule has 1 heteroatoms. The van der Waals surface area contributed by atoms with E-state index in [1.165, 1.54) is 38.8 Å². The Kier molecular flexibility index (Phi) is 4.79. The van der Waals surface area contributed by atoms with Gasteiger partial charge in [-0.1, -0.05) is 33.6 Å². The lowest BCUT2D eigenvalue weighted by Crippen LogP contribution is -2.27. The van der Waals surface area contributed by atoms with Crippen molar-refractivity contribution in [2.24, 2.45) is 17.8 Å². The molecule has 0 aromatic carbocycles. The highest BCUT2D eigenvalue weighted by Crippen LogP contribution is 2.20. The molecule has 2 unspecified atom stereocenters. The number of nitrogens with one attached hydrogen (secondary N) is 1. The van der Waals surface area contributed by atoms with Crippen LogP contribution in [-0.2, 0) is 0 Å². The van der Waals surface area contributed by atoms with E-state index >= 15 is 0 Å². The number of hydrogen-bond acceptors (Lipinski definition) is 1. The van der Waals surface area contributed by atoms with Gasteiger partial charge in [-0.15, -0.1) is 0 Å². The molecule has 2 atom stereocenters. The van der Waals surface area contributed by atoms with E-state index in [0.29, 0.717) is 0 Å². The summed E-state index contributed by atoms with van der Waals surface area (Å²) in [6.45, 7) is 9.58. The Balaban J connectivity index is 2.32. The van der Waals surface area contributed by atoms with Gasteiger partial charge in [0.15, 0.2) is 0 Å². The molecule has 0 aromatic rings. The lowest BCUT2D eigenvalue weighted by atomic mass is 9.90. The Bertz CT molecular complexity index is 119. The molecule has 1 nitrogen and oxygen atoms in total. The van der Waals surface area contributed by atoms with Gasteiger partial charge in [-0.05, 0) is 43.7 Å². The van der Waals surface area contributed by atoms with Crippen molar-refractivity contribution < 1.29 is 0 Å². The highest BCUT2D eigenvalue weighted by atomic mass is 14.9. The molecule has 0 spiro atoms. The second-order valence-corrected chi connectivity index (χ2v) is 5.13. The minimum absolute atomic E-state index is 0.868. The molecule has 1 heterocycles. The van der Waals surface area contributed by atoms with Gasteiger partial charge in [0.25, 0.3) is 0 Å². The Morgan fingerprint density at radius 3 is 1.54 bits per heavy atom. The van der Waals surface area contributed by atoms with Gasteiger partial charge in [0.05, 0.1) is 0 Å². The standard InChI is InChI=1S/C12H25N/c1-10-4-6-11(2)8-13-9-12(3)7-5-10/h10-13H,4-9H2,1-3H3. The molecule has 1 rings (SSSR count). The Hall–Kier alpha value is -0.0400. The van der Waals surface area contributed by atoms with Crippen LogP contribution in [0.25, 0.3) is 0 Å². The van der Waals surface area contributed by atoms with Crippen LogP contribution in [0, 0.1) is 17.8 Å². The molecule has 1 aliphatic rings. The first-order valence-corrected chi connectivity index (χ1v) is 5.89. The summed E-state index contributed by atoms with van der Waals surface area (Å²) in [4.78, 5) is 0. The SMILES string of the molecule is CC1CCC(C)CNCC(C)CC1. The first-order chi connectivity index (χ1) is 6.18. The average Bonchev–Trinajstić information content (AvgIpc) is 2.10. The smallest absolute Gasteiger partial charge is 0.00230 e. The maximum absolute atomic E-state index is 3.57. The number of rotatable bonds is 0. The third kappa shape index (κ3) is 4.66. The molecule has 0 radical (unpaired) electrons. The summed E-state index contributed by atoms with van der Waals surface area (Å²) in [7, 11) is 0. The van der Waals surface area contributed by atoms with Gasteiger partial charge in [0.1, 0.15) is 0 Å². The summed E-state index contributed by atoms with van der Waals surface area (Å²) in [5.74, 6) is 2.68. The molecule has 0 aromatic heterocycles. The zero-order chi connectivity index (χ0) is 9.68. The Labute approximate surface area is 83.3 Å². The van der Waals surface area contributed by atoms with Crippen LogP contribution >= 0.6 is 0 Å². The quantitative estimate of drug-likeness (QED) is 0.608. The molecule has 1 saturated heterocycles. The van der Waals surface area contributed by atoms with Gasteiger partial charge >= 0.3 is 0 Å². The van der Waals surface area contributed by atoms with Crippen molar-refractivity contribution in [2.75, 3.05) is 13.1 Å². The van der Waals surface area contributed by atoms with Crippen molar-refractivity contribution in [2.45, 2.75) is 46.5 Å². The fourth-order valence-electron chi connectivity index (χ4n) is 2.06. The minimum Gasteiger partial charge on any atom is -0.316 e. The van der Waals surface area contributed by atoms with Crippen LogP contribution in [-0.4, -0.2) is 13.1 Å². The molecular weight excluding hydrogens is 158 g/mol. The van der Waals surface area contributed by atoms with Crippen LogP contribution < -0.4 is 5.32 Å². The van der Waals surface area contributed by atoms with E-state index in [1.54, 1.807) is 0 Å². The summed E-state index contributed by atoms with van der Waals surface area (Å²) in [5.41, 5.74) is 0. The first kappa shape index (κ1) is 11.0. The highest BCUT2D eigenvalue weighted by molar-refractivity contribution is 4.67. The molecule has 1 aliphatic heterocycles. The molecular formula is C12H25N. The Morgan fingerprint density at radius 2 is 1.08 bits per heavy atom. The van der Waals surface area contributed by atoms with Gasteiger partial charge in [0.2, 0.25) is 0 Å². The van der Waals surface area contributed by atoms with Crippen molar-refractivity contribution in [3.63, 3.8) is 0 Å². The molecule has 0 saturated carbocycles. The van der Waals surface area contributed by atoms with Crippen LogP contribution in [0.5, 0.6) is 0 Å². The van der Waals surface area contributed by atoms with E-state index in [4.69, 9.17) is 0 Å². The summed E-state index contributed by atoms with van der Waals surface area (Å²) in [6, 6.07) is 0. The van der Waals surface area contributed by atoms with Gasteiger partial charge in [0, 0.05) is 0 Å². The lowest BCUT2D eigenvalue weighted by molar-refractivity contribution is 0.333. The van der Waals surface area contributed by atoms with Crippen molar-refractivity contribution in [1.29, 1.82) is 0 Å². The first-order valence-electron chi connectivity index (χ1n) is 5.89. The summed E-state index contributed by atoms with van der Waals surface area (Å²) in [6.07, 6.45) is 5.66. The van der Waals surface area contributed by atoms with Crippen molar-refractivity contribution in [3.8, 4) is 0 Å². The van der Waals surface area contributed by atoms with Crippen molar-refractivity contribution in [1.82, 2.24) is 5.32 Å². The van der Waals surface area contributed by atoms with Crippen molar-refractivity contribution >= 4 is 0 Å². The van der Waals surface area contributed by atoms with Crippen LogP contribution in [0.3, 0.4) is 0 Å². The normalized spacial score (nSPS) is 38.5. The molecule has 1 fully saturated rings. The van der Waals surface area contributed by atoms with Crippen LogP contribution in [0.4, 0.5) is 0 Å².